The molecule has 1 aliphatic heterocycles. The summed E-state index contributed by atoms with van der Waals surface area (Å²) in [5.41, 5.74) is 1.88. The van der Waals surface area contributed by atoms with Crippen molar-refractivity contribution in [1.29, 1.82) is 0 Å². The maximum absolute atomic E-state index is 5.35. The van der Waals surface area contributed by atoms with E-state index in [0.29, 0.717) is 0 Å². The smallest absolute Gasteiger partial charge is 0.130 e. The summed E-state index contributed by atoms with van der Waals surface area (Å²) >= 11 is 0. The molecule has 0 fully saturated rings. The van der Waals surface area contributed by atoms with Crippen molar-refractivity contribution < 1.29 is 4.42 Å². The van der Waals surface area contributed by atoms with Crippen LogP contribution in [0.2, 0.25) is 0 Å². The fourth-order valence-electron chi connectivity index (χ4n) is 2.46. The molecule has 1 aliphatic rings. The van der Waals surface area contributed by atoms with Crippen LogP contribution in [0.3, 0.4) is 0 Å². The van der Waals surface area contributed by atoms with E-state index in [4.69, 9.17) is 4.42 Å². The Labute approximate surface area is 114 Å². The van der Waals surface area contributed by atoms with Crippen LogP contribution >= 0.6 is 0 Å². The van der Waals surface area contributed by atoms with Crippen LogP contribution in [0.1, 0.15) is 0 Å². The van der Waals surface area contributed by atoms with Gasteiger partial charge in [-0.3, -0.25) is 0 Å². The topological polar surface area (TPSA) is 42.3 Å². The normalized spacial score (nSPS) is 12.2. The van der Waals surface area contributed by atoms with E-state index in [1.165, 1.54) is 5.39 Å². The number of rotatable bonds is 0. The van der Waals surface area contributed by atoms with E-state index < -0.39 is 0 Å². The lowest BCUT2D eigenvalue weighted by Gasteiger charge is -1.97. The molecule has 0 unspecified atom stereocenters. The summed E-state index contributed by atoms with van der Waals surface area (Å²) in [4.78, 5) is 0. The summed E-state index contributed by atoms with van der Waals surface area (Å²) in [6, 6.07) is 12.1. The van der Waals surface area contributed by atoms with Crippen LogP contribution in [0.4, 0.5) is 5.69 Å². The van der Waals surface area contributed by atoms with Gasteiger partial charge in [-0.2, -0.15) is 5.11 Å². The molecule has 0 saturated heterocycles. The van der Waals surface area contributed by atoms with E-state index in [-0.39, 0.29) is 0 Å². The van der Waals surface area contributed by atoms with E-state index in [9.17, 15) is 0 Å². The van der Waals surface area contributed by atoms with Gasteiger partial charge < -0.3 is 8.82 Å². The second-order valence-corrected chi connectivity index (χ2v) is 4.53. The Hall–Kier alpha value is -2.88. The van der Waals surface area contributed by atoms with Gasteiger partial charge >= 0.3 is 0 Å². The molecule has 2 aromatic heterocycles. The largest absolute Gasteiger partial charge is 0.470 e. The van der Waals surface area contributed by atoms with Gasteiger partial charge in [0, 0.05) is 28.4 Å². The summed E-state index contributed by atoms with van der Waals surface area (Å²) in [6.07, 6.45) is 9.05. The highest BCUT2D eigenvalue weighted by Crippen LogP contribution is 2.20. The highest BCUT2D eigenvalue weighted by molar-refractivity contribution is 5.96. The fraction of sp³-hybridized carbons (Fsp3) is 0. The first-order valence-electron chi connectivity index (χ1n) is 6.34. The predicted molar refractivity (Wildman–Crippen MR) is 77.8 cm³/mol. The van der Waals surface area contributed by atoms with Gasteiger partial charge in [0.25, 0.3) is 0 Å². The number of aromatic nitrogens is 1. The number of hydrogen-bond donors (Lipinski definition) is 0. The van der Waals surface area contributed by atoms with Crippen molar-refractivity contribution in [3.63, 3.8) is 0 Å². The first kappa shape index (κ1) is 11.0. The molecule has 3 aromatic rings. The van der Waals surface area contributed by atoms with Gasteiger partial charge in [0.2, 0.25) is 0 Å². The molecule has 0 N–H and O–H groups in total. The third-order valence-electron chi connectivity index (χ3n) is 3.35. The SMILES string of the molecule is C1=c2c(coccccn3ccc4cccc2c43)N=N1. The van der Waals surface area contributed by atoms with Crippen molar-refractivity contribution in [1.82, 2.24) is 4.40 Å². The number of fused-ring (bicyclic) bond motifs is 2. The fourth-order valence-corrected chi connectivity index (χ4v) is 2.46. The average Bonchev–Trinajstić information content (AvgIpc) is 3.08. The summed E-state index contributed by atoms with van der Waals surface area (Å²) in [5.74, 6) is 0. The van der Waals surface area contributed by atoms with E-state index in [2.05, 4.69) is 32.8 Å². The van der Waals surface area contributed by atoms with Gasteiger partial charge in [-0.1, -0.05) is 18.2 Å². The molecule has 0 atom stereocenters. The lowest BCUT2D eigenvalue weighted by Crippen LogP contribution is -1.98. The van der Waals surface area contributed by atoms with Crippen molar-refractivity contribution in [3.05, 3.63) is 66.5 Å². The number of benzene rings is 1. The minimum atomic E-state index is 0.733. The highest BCUT2D eigenvalue weighted by Gasteiger charge is 2.05. The van der Waals surface area contributed by atoms with Gasteiger partial charge in [-0.25, -0.2) is 0 Å². The molecule has 4 rings (SSSR count). The molecule has 4 heteroatoms. The molecule has 0 aliphatic carbocycles. The summed E-state index contributed by atoms with van der Waals surface area (Å²) in [7, 11) is 0. The minimum absolute atomic E-state index is 0.733. The minimum Gasteiger partial charge on any atom is -0.470 e. The van der Waals surface area contributed by atoms with E-state index in [1.54, 1.807) is 18.7 Å². The molecular weight excluding hydrogens is 250 g/mol. The van der Waals surface area contributed by atoms with Crippen LogP contribution in [0, 0.1) is 0 Å². The molecule has 20 heavy (non-hydrogen) atoms. The Morgan fingerprint density at radius 2 is 2.00 bits per heavy atom. The molecular formula is C16H11N3O. The zero-order valence-electron chi connectivity index (χ0n) is 10.6. The lowest BCUT2D eigenvalue weighted by molar-refractivity contribution is 0.555. The number of hydrogen-bond acceptors (Lipinski definition) is 3. The molecule has 3 heterocycles. The van der Waals surface area contributed by atoms with E-state index in [0.717, 1.165) is 21.8 Å². The summed E-state index contributed by atoms with van der Waals surface area (Å²) < 4.78 is 7.45. The number of nitrogens with zero attached hydrogens (tertiary/aromatic N) is 3. The van der Waals surface area contributed by atoms with Crippen LogP contribution in [0.5, 0.6) is 0 Å². The Balaban J connectivity index is 2.35. The first-order valence-corrected chi connectivity index (χ1v) is 6.34. The molecule has 0 bridgehead atoms. The molecule has 0 saturated carbocycles. The van der Waals surface area contributed by atoms with Gasteiger partial charge in [-0.15, -0.1) is 5.11 Å². The maximum atomic E-state index is 5.35. The molecule has 0 radical (unpaired) electrons. The molecule has 0 amide bonds. The molecule has 4 nitrogen and oxygen atoms in total. The zero-order chi connectivity index (χ0) is 13.4. The van der Waals surface area contributed by atoms with Crippen LogP contribution in [-0.4, -0.2) is 4.40 Å². The highest BCUT2D eigenvalue weighted by atomic mass is 16.3. The third kappa shape index (κ3) is 1.62. The van der Waals surface area contributed by atoms with Crippen LogP contribution in [0.25, 0.3) is 22.5 Å². The molecule has 96 valence electrons. The van der Waals surface area contributed by atoms with Crippen molar-refractivity contribution >= 4 is 28.2 Å². The van der Waals surface area contributed by atoms with Gasteiger partial charge in [0.15, 0.2) is 0 Å². The van der Waals surface area contributed by atoms with Crippen LogP contribution in [-0.2, 0) is 0 Å². The molecule has 1 aromatic carbocycles. The van der Waals surface area contributed by atoms with Crippen molar-refractivity contribution in [2.24, 2.45) is 10.2 Å². The van der Waals surface area contributed by atoms with Gasteiger partial charge in [0.1, 0.15) is 12.0 Å². The summed E-state index contributed by atoms with van der Waals surface area (Å²) in [5, 5.41) is 11.4. The van der Waals surface area contributed by atoms with Gasteiger partial charge in [-0.05, 0) is 18.2 Å². The second-order valence-electron chi connectivity index (χ2n) is 4.53. The quantitative estimate of drug-likeness (QED) is 0.604. The summed E-state index contributed by atoms with van der Waals surface area (Å²) in [6.45, 7) is 0. The standard InChI is InChI=1S/C16H11N3O/c1-2-9-20-11-15-14(10-17-18-15)13-5-3-4-12-6-8-19(7-1)16(12)13/h1-11H. The van der Waals surface area contributed by atoms with Gasteiger partial charge in [0.05, 0.1) is 18.0 Å². The number of para-hydroxylation sites is 1. The zero-order valence-corrected chi connectivity index (χ0v) is 10.6. The van der Waals surface area contributed by atoms with E-state index in [1.807, 2.05) is 30.6 Å². The van der Waals surface area contributed by atoms with Crippen LogP contribution < -0.4 is 5.22 Å². The Kier molecular flexibility index (Phi) is 2.39. The van der Waals surface area contributed by atoms with Crippen molar-refractivity contribution in [3.8, 4) is 0 Å². The number of azo groups is 1. The Morgan fingerprint density at radius 3 is 3.00 bits per heavy atom. The van der Waals surface area contributed by atoms with Crippen LogP contribution in [0.15, 0.2) is 76.0 Å². The Bertz CT molecular complexity index is 962. The monoisotopic (exact) mass is 261 g/mol. The maximum Gasteiger partial charge on any atom is 0.130 e. The Morgan fingerprint density at radius 1 is 1.00 bits per heavy atom. The van der Waals surface area contributed by atoms with Crippen molar-refractivity contribution in [2.75, 3.05) is 0 Å². The van der Waals surface area contributed by atoms with E-state index >= 15 is 0 Å². The molecule has 0 spiro atoms. The predicted octanol–water partition coefficient (Wildman–Crippen LogP) is 3.93. The third-order valence-corrected chi connectivity index (χ3v) is 3.35. The first-order chi connectivity index (χ1) is 9.93. The average molecular weight is 261 g/mol. The van der Waals surface area contributed by atoms with Crippen molar-refractivity contribution in [2.45, 2.75) is 0 Å². The second kappa shape index (κ2) is 4.35. The lowest BCUT2D eigenvalue weighted by atomic mass is 10.1.